The number of aryl methyl sites for hydroxylation is 1. The summed E-state index contributed by atoms with van der Waals surface area (Å²) < 4.78 is 5.01. The van der Waals surface area contributed by atoms with Crippen LogP contribution in [0.15, 0.2) is 23.0 Å². The molecule has 5 heteroatoms. The summed E-state index contributed by atoms with van der Waals surface area (Å²) in [7, 11) is 1.49. The number of carboxylic acid groups (broad SMARTS) is 1. The molecule has 0 bridgehead atoms. The molecular formula is C12H11NO4. The maximum absolute atomic E-state index is 11.7. The van der Waals surface area contributed by atoms with Crippen LogP contribution in [0.2, 0.25) is 0 Å². The maximum atomic E-state index is 11.7. The third-order valence-electron chi connectivity index (χ3n) is 2.63. The second-order valence-corrected chi connectivity index (χ2v) is 3.67. The third kappa shape index (κ3) is 1.75. The Labute approximate surface area is 96.7 Å². The number of H-pyrrole nitrogens is 1. The molecule has 0 aliphatic carbocycles. The van der Waals surface area contributed by atoms with Crippen LogP contribution >= 0.6 is 0 Å². The van der Waals surface area contributed by atoms with E-state index in [1.54, 1.807) is 19.1 Å². The highest BCUT2D eigenvalue weighted by Gasteiger charge is 2.15. The summed E-state index contributed by atoms with van der Waals surface area (Å²) in [6.07, 6.45) is 0. The Hall–Kier alpha value is -2.30. The third-order valence-corrected chi connectivity index (χ3v) is 2.63. The second-order valence-electron chi connectivity index (χ2n) is 3.67. The first-order valence-electron chi connectivity index (χ1n) is 4.98. The first-order chi connectivity index (χ1) is 8.04. The summed E-state index contributed by atoms with van der Waals surface area (Å²) in [5.41, 5.74) is 0.142. The van der Waals surface area contributed by atoms with Gasteiger partial charge in [-0.05, 0) is 25.1 Å². The molecule has 0 aliphatic rings. The number of benzene rings is 1. The summed E-state index contributed by atoms with van der Waals surface area (Å²) in [5.74, 6) is -0.544. The van der Waals surface area contributed by atoms with E-state index in [-0.39, 0.29) is 11.1 Å². The number of aromatic amines is 1. The van der Waals surface area contributed by atoms with Gasteiger partial charge in [0.05, 0.1) is 18.1 Å². The van der Waals surface area contributed by atoms with E-state index in [2.05, 4.69) is 4.98 Å². The molecule has 0 amide bonds. The van der Waals surface area contributed by atoms with Crippen molar-refractivity contribution in [3.63, 3.8) is 0 Å². The second kappa shape index (κ2) is 3.93. The van der Waals surface area contributed by atoms with Crippen LogP contribution in [-0.2, 0) is 0 Å². The van der Waals surface area contributed by atoms with Crippen molar-refractivity contribution >= 4 is 16.7 Å². The van der Waals surface area contributed by atoms with Gasteiger partial charge in [0.15, 0.2) is 0 Å². The van der Waals surface area contributed by atoms with Gasteiger partial charge in [0.1, 0.15) is 5.75 Å². The minimum absolute atomic E-state index is 0.113. The number of nitrogens with one attached hydrogen (secondary N) is 1. The molecule has 5 nitrogen and oxygen atoms in total. The van der Waals surface area contributed by atoms with Crippen LogP contribution in [0.3, 0.4) is 0 Å². The topological polar surface area (TPSA) is 79.4 Å². The number of aromatic nitrogens is 1. The molecule has 1 aromatic carbocycles. The zero-order valence-electron chi connectivity index (χ0n) is 9.40. The maximum Gasteiger partial charge on any atom is 0.338 e. The molecule has 2 N–H and O–H groups in total. The normalized spacial score (nSPS) is 10.5. The molecule has 1 aromatic heterocycles. The molecule has 0 saturated heterocycles. The number of hydrogen-bond donors (Lipinski definition) is 2. The summed E-state index contributed by atoms with van der Waals surface area (Å²) in [4.78, 5) is 25.4. The Morgan fingerprint density at radius 2 is 2.06 bits per heavy atom. The predicted molar refractivity (Wildman–Crippen MR) is 62.8 cm³/mol. The molecule has 2 aromatic rings. The van der Waals surface area contributed by atoms with Crippen LogP contribution in [0, 0.1) is 6.92 Å². The zero-order valence-corrected chi connectivity index (χ0v) is 9.40. The summed E-state index contributed by atoms with van der Waals surface area (Å²) in [6.45, 7) is 1.56. The number of pyridine rings is 1. The van der Waals surface area contributed by atoms with Crippen molar-refractivity contribution in [2.24, 2.45) is 0 Å². The van der Waals surface area contributed by atoms with E-state index in [1.807, 2.05) is 0 Å². The van der Waals surface area contributed by atoms with Gasteiger partial charge in [0.25, 0.3) is 5.56 Å². The Balaban J connectivity index is 2.93. The van der Waals surface area contributed by atoms with Crippen molar-refractivity contribution in [3.05, 3.63) is 39.8 Å². The lowest BCUT2D eigenvalue weighted by atomic mass is 10.0. The van der Waals surface area contributed by atoms with Gasteiger partial charge in [0.2, 0.25) is 0 Å². The number of rotatable bonds is 2. The fraction of sp³-hybridized carbons (Fsp3) is 0.167. The molecule has 0 atom stereocenters. The van der Waals surface area contributed by atoms with Crippen LogP contribution in [-0.4, -0.2) is 23.2 Å². The largest absolute Gasteiger partial charge is 0.497 e. The fourth-order valence-electron chi connectivity index (χ4n) is 1.83. The smallest absolute Gasteiger partial charge is 0.338 e. The molecule has 17 heavy (non-hydrogen) atoms. The molecule has 0 radical (unpaired) electrons. The minimum Gasteiger partial charge on any atom is -0.497 e. The highest BCUT2D eigenvalue weighted by atomic mass is 16.5. The van der Waals surface area contributed by atoms with E-state index in [1.165, 1.54) is 13.2 Å². The molecule has 0 spiro atoms. The molecule has 0 aliphatic heterocycles. The first kappa shape index (κ1) is 11.2. The number of aromatic carboxylic acids is 1. The number of ether oxygens (including phenoxy) is 1. The van der Waals surface area contributed by atoms with Gasteiger partial charge in [-0.25, -0.2) is 4.79 Å². The number of carbonyl (C=O) groups is 1. The van der Waals surface area contributed by atoms with Crippen molar-refractivity contribution in [2.45, 2.75) is 6.92 Å². The standard InChI is InChI=1S/C12H11NO4/c1-6-10(12(15)16)8-4-3-7(17-2)5-9(8)11(14)13-6/h3-5H,1-2H3,(H,13,14)(H,15,16). The molecule has 1 heterocycles. The van der Waals surface area contributed by atoms with Crippen molar-refractivity contribution in [3.8, 4) is 5.75 Å². The Morgan fingerprint density at radius 3 is 2.65 bits per heavy atom. The van der Waals surface area contributed by atoms with Crippen LogP contribution in [0.1, 0.15) is 16.1 Å². The number of fused-ring (bicyclic) bond motifs is 1. The van der Waals surface area contributed by atoms with Crippen LogP contribution in [0.4, 0.5) is 0 Å². The van der Waals surface area contributed by atoms with Gasteiger partial charge >= 0.3 is 5.97 Å². The van der Waals surface area contributed by atoms with Crippen molar-refractivity contribution in [2.75, 3.05) is 7.11 Å². The molecule has 88 valence electrons. The summed E-state index contributed by atoms with van der Waals surface area (Å²) in [5, 5.41) is 9.86. The van der Waals surface area contributed by atoms with E-state index in [0.717, 1.165) is 0 Å². The van der Waals surface area contributed by atoms with Gasteiger partial charge in [0, 0.05) is 11.1 Å². The monoisotopic (exact) mass is 233 g/mol. The van der Waals surface area contributed by atoms with E-state index < -0.39 is 5.97 Å². The SMILES string of the molecule is COc1ccc2c(C(=O)O)c(C)[nH]c(=O)c2c1. The Morgan fingerprint density at radius 1 is 1.35 bits per heavy atom. The minimum atomic E-state index is -1.06. The van der Waals surface area contributed by atoms with E-state index >= 15 is 0 Å². The summed E-state index contributed by atoms with van der Waals surface area (Å²) in [6, 6.07) is 4.74. The van der Waals surface area contributed by atoms with Gasteiger partial charge in [-0.2, -0.15) is 0 Å². The van der Waals surface area contributed by atoms with Crippen molar-refractivity contribution < 1.29 is 14.6 Å². The molecular weight excluding hydrogens is 222 g/mol. The van der Waals surface area contributed by atoms with Gasteiger partial charge in [-0.3, -0.25) is 4.79 Å². The number of carboxylic acids is 1. The number of hydrogen-bond acceptors (Lipinski definition) is 3. The van der Waals surface area contributed by atoms with E-state index in [9.17, 15) is 9.59 Å². The summed E-state index contributed by atoms with van der Waals surface area (Å²) >= 11 is 0. The molecule has 2 rings (SSSR count). The van der Waals surface area contributed by atoms with Crippen molar-refractivity contribution in [1.82, 2.24) is 4.98 Å². The Bertz CT molecular complexity index is 657. The lowest BCUT2D eigenvalue weighted by molar-refractivity contribution is 0.0698. The van der Waals surface area contributed by atoms with Gasteiger partial charge < -0.3 is 14.8 Å². The molecule has 0 unspecified atom stereocenters. The average molecular weight is 233 g/mol. The lowest BCUT2D eigenvalue weighted by Gasteiger charge is -2.07. The van der Waals surface area contributed by atoms with Gasteiger partial charge in [-0.1, -0.05) is 0 Å². The number of methoxy groups -OCH3 is 1. The van der Waals surface area contributed by atoms with Crippen LogP contribution < -0.4 is 10.3 Å². The van der Waals surface area contributed by atoms with Crippen LogP contribution in [0.25, 0.3) is 10.8 Å². The quantitative estimate of drug-likeness (QED) is 0.824. The van der Waals surface area contributed by atoms with Crippen molar-refractivity contribution in [1.29, 1.82) is 0 Å². The van der Waals surface area contributed by atoms with E-state index in [0.29, 0.717) is 22.2 Å². The fourth-order valence-corrected chi connectivity index (χ4v) is 1.83. The lowest BCUT2D eigenvalue weighted by Crippen LogP contribution is -2.13. The highest BCUT2D eigenvalue weighted by Crippen LogP contribution is 2.22. The predicted octanol–water partition coefficient (Wildman–Crippen LogP) is 1.54. The first-order valence-corrected chi connectivity index (χ1v) is 4.98. The Kier molecular flexibility index (Phi) is 2.59. The average Bonchev–Trinajstić information content (AvgIpc) is 2.28. The molecule has 0 saturated carbocycles. The van der Waals surface area contributed by atoms with Crippen LogP contribution in [0.5, 0.6) is 5.75 Å². The molecule has 0 fully saturated rings. The zero-order chi connectivity index (χ0) is 12.6. The van der Waals surface area contributed by atoms with E-state index in [4.69, 9.17) is 9.84 Å². The van der Waals surface area contributed by atoms with Gasteiger partial charge in [-0.15, -0.1) is 0 Å². The highest BCUT2D eigenvalue weighted by molar-refractivity contribution is 6.04.